The molecule has 4 aliphatic rings. The van der Waals surface area contributed by atoms with Gasteiger partial charge in [0.2, 0.25) is 17.7 Å². The molecule has 0 bridgehead atoms. The number of ether oxygens (including phenoxy) is 1. The van der Waals surface area contributed by atoms with Gasteiger partial charge in [-0.05, 0) is 79.6 Å². The van der Waals surface area contributed by atoms with Crippen molar-refractivity contribution in [3.8, 4) is 17.2 Å². The van der Waals surface area contributed by atoms with Crippen molar-refractivity contribution in [3.63, 3.8) is 0 Å². The zero-order valence-electron chi connectivity index (χ0n) is 21.3. The van der Waals surface area contributed by atoms with E-state index in [4.69, 9.17) is 9.15 Å². The largest absolute Gasteiger partial charge is 0.490 e. The average molecular weight is 550 g/mol. The molecule has 0 radical (unpaired) electrons. The average Bonchev–Trinajstić information content (AvgIpc) is 3.84. The number of benzene rings is 2. The monoisotopic (exact) mass is 549 g/mol. The molecular weight excluding hydrogens is 524 g/mol. The summed E-state index contributed by atoms with van der Waals surface area (Å²) >= 11 is 0. The number of hydrogen-bond donors (Lipinski definition) is 2. The highest BCUT2D eigenvalue weighted by Crippen LogP contribution is 2.50. The molecule has 2 aromatic carbocycles. The lowest BCUT2D eigenvalue weighted by molar-refractivity contribution is -0.136. The van der Waals surface area contributed by atoms with Gasteiger partial charge in [0.15, 0.2) is 0 Å². The van der Waals surface area contributed by atoms with Crippen LogP contribution in [0.5, 0.6) is 5.75 Å². The maximum absolute atomic E-state index is 14.2. The van der Waals surface area contributed by atoms with Crippen LogP contribution in [0.1, 0.15) is 72.0 Å². The van der Waals surface area contributed by atoms with Crippen LogP contribution in [0.15, 0.2) is 40.8 Å². The minimum absolute atomic E-state index is 0.0844. The van der Waals surface area contributed by atoms with Crippen LogP contribution in [-0.4, -0.2) is 45.0 Å². The molecular formula is C28H25F2N5O5. The third kappa shape index (κ3) is 4.37. The summed E-state index contributed by atoms with van der Waals surface area (Å²) in [4.78, 5) is 38.6. The van der Waals surface area contributed by atoms with Crippen LogP contribution in [-0.2, 0) is 21.7 Å². The number of rotatable bonds is 8. The second-order valence-corrected chi connectivity index (χ2v) is 10.8. The lowest BCUT2D eigenvalue weighted by atomic mass is 9.94. The molecule has 3 aromatic rings. The van der Waals surface area contributed by atoms with E-state index in [-0.39, 0.29) is 42.1 Å². The number of fused-ring (bicyclic) bond motifs is 1. The van der Waals surface area contributed by atoms with Gasteiger partial charge in [-0.3, -0.25) is 19.7 Å². The Labute approximate surface area is 227 Å². The van der Waals surface area contributed by atoms with E-state index in [1.165, 1.54) is 11.0 Å². The highest BCUT2D eigenvalue weighted by atomic mass is 19.3. The number of alkyl halides is 2. The van der Waals surface area contributed by atoms with Gasteiger partial charge in [0.25, 0.3) is 12.3 Å². The third-order valence-corrected chi connectivity index (χ3v) is 7.93. The van der Waals surface area contributed by atoms with Crippen molar-refractivity contribution in [2.75, 3.05) is 5.32 Å². The third-order valence-electron chi connectivity index (χ3n) is 7.93. The quantitative estimate of drug-likeness (QED) is 0.403. The number of halogens is 2. The van der Waals surface area contributed by atoms with E-state index in [0.29, 0.717) is 36.0 Å². The molecule has 3 fully saturated rings. The normalized spacial score (nSPS) is 21.4. The minimum atomic E-state index is -2.82. The maximum atomic E-state index is 14.2. The smallest absolute Gasteiger partial charge is 0.316 e. The van der Waals surface area contributed by atoms with Gasteiger partial charge >= 0.3 is 6.01 Å². The fourth-order valence-electron chi connectivity index (χ4n) is 5.42. The van der Waals surface area contributed by atoms with Crippen molar-refractivity contribution in [3.05, 3.63) is 58.7 Å². The molecule has 12 heteroatoms. The van der Waals surface area contributed by atoms with Gasteiger partial charge < -0.3 is 19.4 Å². The Balaban J connectivity index is 1.13. The van der Waals surface area contributed by atoms with E-state index in [0.717, 1.165) is 18.6 Å². The summed E-state index contributed by atoms with van der Waals surface area (Å²) in [5, 5.41) is 13.7. The van der Waals surface area contributed by atoms with Gasteiger partial charge in [-0.1, -0.05) is 5.10 Å². The standard InChI is InChI=1S/C28H25F2N5O5/c29-23(30)18-11-15(12-19-20(18)13-35(26(19)38)21-7-8-22(36)31-24(21)37)28(9-10-28)32-27-34-33-25(40-27)14-1-3-16(4-2-14)39-17-5-6-17/h1-4,11-12,17,21,23H,5-10,13H2,(H,32,34)(H,31,36,37). The number of piperidine rings is 1. The fourth-order valence-corrected chi connectivity index (χ4v) is 5.42. The van der Waals surface area contributed by atoms with Crippen LogP contribution in [0.25, 0.3) is 11.5 Å². The van der Waals surface area contributed by atoms with E-state index < -0.39 is 35.7 Å². The topological polar surface area (TPSA) is 127 Å². The summed E-state index contributed by atoms with van der Waals surface area (Å²) in [5.41, 5.74) is 0.589. The summed E-state index contributed by atoms with van der Waals surface area (Å²) in [6.45, 7) is -0.113. The molecule has 2 aliphatic carbocycles. The Kier molecular flexibility index (Phi) is 5.62. The summed E-state index contributed by atoms with van der Waals surface area (Å²) in [7, 11) is 0. The first kappa shape index (κ1) is 24.7. The molecule has 1 unspecified atom stereocenters. The number of nitrogens with zero attached hydrogens (tertiary/aromatic N) is 3. The van der Waals surface area contributed by atoms with Gasteiger partial charge in [0, 0.05) is 29.7 Å². The molecule has 40 heavy (non-hydrogen) atoms. The Hall–Kier alpha value is -4.35. The second kappa shape index (κ2) is 9.10. The van der Waals surface area contributed by atoms with Crippen molar-refractivity contribution in [2.45, 2.75) is 69.2 Å². The number of carbonyl (C=O) groups is 3. The van der Waals surface area contributed by atoms with Gasteiger partial charge in [-0.25, -0.2) is 8.78 Å². The molecule has 206 valence electrons. The minimum Gasteiger partial charge on any atom is -0.490 e. The predicted molar refractivity (Wildman–Crippen MR) is 135 cm³/mol. The van der Waals surface area contributed by atoms with Crippen molar-refractivity contribution in [2.24, 2.45) is 0 Å². The van der Waals surface area contributed by atoms with Crippen LogP contribution >= 0.6 is 0 Å². The highest BCUT2D eigenvalue weighted by Gasteiger charge is 2.48. The fraction of sp³-hybridized carbons (Fsp3) is 0.393. The molecule has 2 saturated carbocycles. The van der Waals surface area contributed by atoms with Gasteiger partial charge in [-0.2, -0.15) is 0 Å². The van der Waals surface area contributed by atoms with Crippen LogP contribution in [0.2, 0.25) is 0 Å². The van der Waals surface area contributed by atoms with E-state index in [1.54, 1.807) is 6.07 Å². The highest BCUT2D eigenvalue weighted by molar-refractivity contribution is 6.05. The Morgan fingerprint density at radius 3 is 2.52 bits per heavy atom. The first-order valence-electron chi connectivity index (χ1n) is 13.3. The number of imide groups is 1. The first-order chi connectivity index (χ1) is 19.3. The molecule has 10 nitrogen and oxygen atoms in total. The Morgan fingerprint density at radius 1 is 1.07 bits per heavy atom. The zero-order chi connectivity index (χ0) is 27.6. The lowest BCUT2D eigenvalue weighted by Crippen LogP contribution is -2.52. The number of anilines is 1. The Bertz CT molecular complexity index is 1530. The zero-order valence-corrected chi connectivity index (χ0v) is 21.3. The van der Waals surface area contributed by atoms with Crippen molar-refractivity contribution < 1.29 is 32.3 Å². The van der Waals surface area contributed by atoms with E-state index in [9.17, 15) is 23.2 Å². The molecule has 3 amide bonds. The summed E-state index contributed by atoms with van der Waals surface area (Å²) in [6.07, 6.45) is 1.08. The first-order valence-corrected chi connectivity index (χ1v) is 13.3. The van der Waals surface area contributed by atoms with E-state index >= 15 is 0 Å². The van der Waals surface area contributed by atoms with Crippen molar-refractivity contribution in [1.29, 1.82) is 0 Å². The lowest BCUT2D eigenvalue weighted by Gasteiger charge is -2.29. The van der Waals surface area contributed by atoms with Crippen LogP contribution in [0, 0.1) is 0 Å². The molecule has 0 spiro atoms. The molecule has 2 N–H and O–H groups in total. The van der Waals surface area contributed by atoms with Crippen molar-refractivity contribution >= 4 is 23.7 Å². The number of amides is 3. The number of aromatic nitrogens is 2. The SMILES string of the molecule is O=C1CCC(N2Cc3c(cc(C4(Nc5nnc(-c6ccc(OC7CC7)cc6)o5)CC4)cc3C(F)F)C2=O)C(=O)N1. The second-order valence-electron chi connectivity index (χ2n) is 10.8. The van der Waals surface area contributed by atoms with Crippen molar-refractivity contribution in [1.82, 2.24) is 20.4 Å². The van der Waals surface area contributed by atoms with Gasteiger partial charge in [0.1, 0.15) is 11.8 Å². The molecule has 1 aromatic heterocycles. The Morgan fingerprint density at radius 2 is 1.85 bits per heavy atom. The predicted octanol–water partition coefficient (Wildman–Crippen LogP) is 4.08. The molecule has 3 heterocycles. The van der Waals surface area contributed by atoms with Crippen LogP contribution in [0.4, 0.5) is 14.8 Å². The van der Waals surface area contributed by atoms with E-state index in [1.807, 2.05) is 24.3 Å². The number of hydrogen-bond acceptors (Lipinski definition) is 8. The summed E-state index contributed by atoms with van der Waals surface area (Å²) in [5.74, 6) is -0.426. The van der Waals surface area contributed by atoms with Crippen LogP contribution in [0.3, 0.4) is 0 Å². The molecule has 1 saturated heterocycles. The summed E-state index contributed by atoms with van der Waals surface area (Å²) < 4.78 is 40.1. The van der Waals surface area contributed by atoms with Gasteiger partial charge in [-0.15, -0.1) is 5.10 Å². The number of nitrogens with one attached hydrogen (secondary N) is 2. The summed E-state index contributed by atoms with van der Waals surface area (Å²) in [6, 6.07) is 9.64. The maximum Gasteiger partial charge on any atom is 0.316 e. The van der Waals surface area contributed by atoms with Crippen LogP contribution < -0.4 is 15.4 Å². The molecule has 2 aliphatic heterocycles. The number of carbonyl (C=O) groups excluding carboxylic acids is 3. The molecule has 1 atom stereocenters. The van der Waals surface area contributed by atoms with E-state index in [2.05, 4.69) is 20.8 Å². The molecule has 7 rings (SSSR count). The van der Waals surface area contributed by atoms with Gasteiger partial charge in [0.05, 0.1) is 11.6 Å².